The van der Waals surface area contributed by atoms with E-state index in [1.54, 1.807) is 0 Å². The molecular weight excluding hydrogens is 442 g/mol. The number of hydrogen-bond acceptors (Lipinski definition) is 5. The molecular formula is C23H32BrN5O. The third kappa shape index (κ3) is 5.08. The van der Waals surface area contributed by atoms with Crippen molar-refractivity contribution >= 4 is 39.7 Å². The average Bonchev–Trinajstić information content (AvgIpc) is 3.05. The van der Waals surface area contributed by atoms with Crippen LogP contribution in [0.4, 0.5) is 11.6 Å². The van der Waals surface area contributed by atoms with Crippen molar-refractivity contribution in [1.82, 2.24) is 14.5 Å². The molecule has 3 aromatic rings. The molecule has 2 aromatic carbocycles. The van der Waals surface area contributed by atoms with Crippen molar-refractivity contribution in [2.75, 3.05) is 49.5 Å². The lowest BCUT2D eigenvalue weighted by molar-refractivity contribution is 0.239. The molecule has 0 atom stereocenters. The lowest BCUT2D eigenvalue weighted by Crippen LogP contribution is -2.47. The highest BCUT2D eigenvalue weighted by Gasteiger charge is 2.20. The van der Waals surface area contributed by atoms with Crippen LogP contribution in [0, 0.1) is 0 Å². The van der Waals surface area contributed by atoms with Crippen LogP contribution in [0.5, 0.6) is 5.75 Å². The Morgan fingerprint density at radius 3 is 2.43 bits per heavy atom. The van der Waals surface area contributed by atoms with Gasteiger partial charge in [0.15, 0.2) is 0 Å². The van der Waals surface area contributed by atoms with Gasteiger partial charge in [-0.2, -0.15) is 0 Å². The highest BCUT2D eigenvalue weighted by Crippen LogP contribution is 2.29. The van der Waals surface area contributed by atoms with Crippen molar-refractivity contribution in [3.8, 4) is 5.75 Å². The predicted molar refractivity (Wildman–Crippen MR) is 130 cm³/mol. The van der Waals surface area contributed by atoms with E-state index in [2.05, 4.69) is 77.0 Å². The normalized spacial score (nSPS) is 14.7. The van der Waals surface area contributed by atoms with E-state index in [-0.39, 0.29) is 23.1 Å². The van der Waals surface area contributed by atoms with Crippen molar-refractivity contribution in [2.24, 2.45) is 7.05 Å². The van der Waals surface area contributed by atoms with Gasteiger partial charge in [-0.15, -0.1) is 17.0 Å². The zero-order chi connectivity index (χ0) is 20.2. The van der Waals surface area contributed by atoms with E-state index in [1.165, 1.54) is 5.69 Å². The van der Waals surface area contributed by atoms with Crippen LogP contribution in [0.2, 0.25) is 0 Å². The summed E-state index contributed by atoms with van der Waals surface area (Å²) in [6.07, 6.45) is 0.186. The van der Waals surface area contributed by atoms with E-state index < -0.39 is 0 Å². The molecule has 30 heavy (non-hydrogen) atoms. The van der Waals surface area contributed by atoms with Gasteiger partial charge in [0.1, 0.15) is 5.75 Å². The molecule has 1 saturated heterocycles. The van der Waals surface area contributed by atoms with Crippen LogP contribution in [0.1, 0.15) is 13.8 Å². The smallest absolute Gasteiger partial charge is 0.203 e. The molecule has 162 valence electrons. The van der Waals surface area contributed by atoms with Crippen LogP contribution in [0.25, 0.3) is 11.0 Å². The second-order valence-electron chi connectivity index (χ2n) is 7.87. The number of benzene rings is 2. The van der Waals surface area contributed by atoms with Crippen molar-refractivity contribution in [1.29, 1.82) is 0 Å². The van der Waals surface area contributed by atoms with Gasteiger partial charge in [-0.25, -0.2) is 4.98 Å². The number of imidazole rings is 1. The molecule has 1 aromatic heterocycles. The third-order valence-corrected chi connectivity index (χ3v) is 5.44. The molecule has 1 aliphatic rings. The maximum absolute atomic E-state index is 6.00. The number of aromatic nitrogens is 2. The minimum Gasteiger partial charge on any atom is -0.489 e. The van der Waals surface area contributed by atoms with E-state index in [4.69, 9.17) is 9.72 Å². The number of nitrogens with one attached hydrogen (secondary N) is 1. The van der Waals surface area contributed by atoms with Gasteiger partial charge < -0.3 is 19.5 Å². The van der Waals surface area contributed by atoms with Gasteiger partial charge in [0, 0.05) is 46.3 Å². The number of nitrogens with zero attached hydrogens (tertiary/aromatic N) is 4. The summed E-state index contributed by atoms with van der Waals surface area (Å²) in [5.74, 6) is 1.92. The number of para-hydroxylation sites is 4. The van der Waals surface area contributed by atoms with Crippen LogP contribution in [-0.4, -0.2) is 59.8 Å². The lowest BCUT2D eigenvalue weighted by Gasteiger charge is -2.36. The Labute approximate surface area is 189 Å². The summed E-state index contributed by atoms with van der Waals surface area (Å²) < 4.78 is 8.12. The van der Waals surface area contributed by atoms with Gasteiger partial charge in [-0.1, -0.05) is 24.3 Å². The molecule has 1 N–H and O–H groups in total. The summed E-state index contributed by atoms with van der Waals surface area (Å²) in [5.41, 5.74) is 3.40. The summed E-state index contributed by atoms with van der Waals surface area (Å²) in [4.78, 5) is 9.64. The molecule has 0 aliphatic carbocycles. The fraction of sp³-hybridized carbons (Fsp3) is 0.435. The quantitative estimate of drug-likeness (QED) is 0.557. The Kier molecular flexibility index (Phi) is 7.61. The van der Waals surface area contributed by atoms with E-state index in [0.29, 0.717) is 0 Å². The molecule has 2 heterocycles. The molecule has 0 spiro atoms. The van der Waals surface area contributed by atoms with Crippen molar-refractivity contribution in [3.05, 3.63) is 48.5 Å². The van der Waals surface area contributed by atoms with Gasteiger partial charge >= 0.3 is 0 Å². The zero-order valence-electron chi connectivity index (χ0n) is 18.0. The van der Waals surface area contributed by atoms with Crippen molar-refractivity contribution < 1.29 is 4.74 Å². The number of rotatable bonds is 7. The first-order chi connectivity index (χ1) is 14.1. The third-order valence-electron chi connectivity index (χ3n) is 5.44. The van der Waals surface area contributed by atoms with E-state index in [0.717, 1.165) is 62.0 Å². The van der Waals surface area contributed by atoms with E-state index in [1.807, 2.05) is 12.1 Å². The maximum atomic E-state index is 6.00. The van der Waals surface area contributed by atoms with Crippen LogP contribution >= 0.6 is 17.0 Å². The number of ether oxygens (including phenoxy) is 1. The van der Waals surface area contributed by atoms with Gasteiger partial charge in [0.05, 0.1) is 22.8 Å². The maximum Gasteiger partial charge on any atom is 0.203 e. The van der Waals surface area contributed by atoms with Crippen LogP contribution in [0.15, 0.2) is 48.5 Å². The second-order valence-corrected chi connectivity index (χ2v) is 7.87. The molecule has 0 bridgehead atoms. The Morgan fingerprint density at radius 2 is 1.70 bits per heavy atom. The molecule has 6 nitrogen and oxygen atoms in total. The molecule has 0 unspecified atom stereocenters. The Balaban J connectivity index is 0.00000256. The van der Waals surface area contributed by atoms with Crippen LogP contribution in [-0.2, 0) is 7.05 Å². The summed E-state index contributed by atoms with van der Waals surface area (Å²) in [6.45, 7) is 10.2. The van der Waals surface area contributed by atoms with Crippen LogP contribution in [0.3, 0.4) is 0 Å². The molecule has 0 radical (unpaired) electrons. The monoisotopic (exact) mass is 473 g/mol. The number of aryl methyl sites for hydroxylation is 1. The van der Waals surface area contributed by atoms with Gasteiger partial charge in [0.2, 0.25) is 5.95 Å². The number of hydrogen-bond donors (Lipinski definition) is 1. The van der Waals surface area contributed by atoms with Gasteiger partial charge in [-0.3, -0.25) is 4.90 Å². The van der Waals surface area contributed by atoms with E-state index in [9.17, 15) is 0 Å². The lowest BCUT2D eigenvalue weighted by atomic mass is 10.2. The van der Waals surface area contributed by atoms with E-state index >= 15 is 0 Å². The molecule has 0 amide bonds. The van der Waals surface area contributed by atoms with Crippen molar-refractivity contribution in [3.63, 3.8) is 0 Å². The second kappa shape index (κ2) is 10.2. The summed E-state index contributed by atoms with van der Waals surface area (Å²) in [6, 6.07) is 16.6. The van der Waals surface area contributed by atoms with Gasteiger partial charge in [0.25, 0.3) is 0 Å². The molecule has 1 fully saturated rings. The molecule has 7 heteroatoms. The number of halogens is 1. The largest absolute Gasteiger partial charge is 0.489 e. The number of piperazine rings is 1. The fourth-order valence-corrected chi connectivity index (χ4v) is 3.91. The zero-order valence-corrected chi connectivity index (χ0v) is 19.8. The first kappa shape index (κ1) is 22.4. The summed E-state index contributed by atoms with van der Waals surface area (Å²) in [5, 5.41) is 3.50. The van der Waals surface area contributed by atoms with Gasteiger partial charge in [-0.05, 0) is 38.1 Å². The first-order valence-electron chi connectivity index (χ1n) is 10.5. The number of anilines is 2. The summed E-state index contributed by atoms with van der Waals surface area (Å²) >= 11 is 0. The standard InChI is InChI=1S/C23H31N5O.BrH/c1-18(2)29-22-11-7-6-10-21(22)28-16-14-27(15-17-28)13-12-24-23-25-19-8-4-5-9-20(19)26(23)3;/h4-11,18H,12-17H2,1-3H3,(H,24,25);1H. The Hall–Kier alpha value is -2.25. The minimum absolute atomic E-state index is 0. The fourth-order valence-electron chi connectivity index (χ4n) is 3.91. The molecule has 1 aliphatic heterocycles. The van der Waals surface area contributed by atoms with Crippen molar-refractivity contribution in [2.45, 2.75) is 20.0 Å². The summed E-state index contributed by atoms with van der Waals surface area (Å²) in [7, 11) is 2.06. The average molecular weight is 474 g/mol. The Morgan fingerprint density at radius 1 is 1.00 bits per heavy atom. The molecule has 4 rings (SSSR count). The van der Waals surface area contributed by atoms with Crippen LogP contribution < -0.4 is 15.0 Å². The minimum atomic E-state index is 0. The highest BCUT2D eigenvalue weighted by atomic mass is 79.9. The topological polar surface area (TPSA) is 45.6 Å². The SMILES string of the molecule is Br.CC(C)Oc1ccccc1N1CCN(CCNc2nc3ccccc3n2C)CC1. The number of fused-ring (bicyclic) bond motifs is 1. The Bertz CT molecular complexity index is 950. The molecule has 0 saturated carbocycles. The first-order valence-corrected chi connectivity index (χ1v) is 10.5. The predicted octanol–water partition coefficient (Wildman–Crippen LogP) is 4.17. The highest BCUT2D eigenvalue weighted by molar-refractivity contribution is 8.93.